The smallest absolute Gasteiger partial charge is 0.332 e. The molecule has 4 rings (SSSR count). The maximum absolute atomic E-state index is 12.5. The van der Waals surface area contributed by atoms with Gasteiger partial charge in [-0.1, -0.05) is 68.3 Å². The van der Waals surface area contributed by atoms with Crippen molar-refractivity contribution in [1.29, 1.82) is 0 Å². The summed E-state index contributed by atoms with van der Waals surface area (Å²) < 4.78 is 13.5. The van der Waals surface area contributed by atoms with Crippen LogP contribution in [0.3, 0.4) is 0 Å². The summed E-state index contributed by atoms with van der Waals surface area (Å²) >= 11 is 7.26. The Labute approximate surface area is 242 Å². The second-order valence-electron chi connectivity index (χ2n) is 10.2. The molecule has 0 bridgehead atoms. The zero-order valence-corrected chi connectivity index (χ0v) is 24.7. The molecule has 0 spiro atoms. The number of rotatable bonds is 8. The Morgan fingerprint density at radius 3 is 1.58 bits per heavy atom. The summed E-state index contributed by atoms with van der Waals surface area (Å²) in [5, 5.41) is 6.63. The van der Waals surface area contributed by atoms with E-state index >= 15 is 0 Å². The first kappa shape index (κ1) is 29.0. The molecule has 2 heterocycles. The Morgan fingerprint density at radius 1 is 0.737 bits per heavy atom. The van der Waals surface area contributed by atoms with E-state index in [9.17, 15) is 9.59 Å². The minimum Gasteiger partial charge on any atom is -0.443 e. The average molecular weight is 648 g/mol. The molecule has 2 N–H and O–H groups in total. The van der Waals surface area contributed by atoms with Crippen LogP contribution in [0.2, 0.25) is 0 Å². The number of ether oxygens (including phenoxy) is 2. The highest BCUT2D eigenvalue weighted by atomic mass is 79.9. The Kier molecular flexibility index (Phi) is 11.4. The molecule has 0 aliphatic carbocycles. The molecule has 4 unspecified atom stereocenters. The van der Waals surface area contributed by atoms with Crippen molar-refractivity contribution in [3.05, 3.63) is 80.8 Å². The summed E-state index contributed by atoms with van der Waals surface area (Å²) in [6.07, 6.45) is 9.12. The maximum atomic E-state index is 12.5. The number of esters is 2. The Hall–Kier alpha value is -2.00. The van der Waals surface area contributed by atoms with Gasteiger partial charge in [-0.2, -0.15) is 0 Å². The van der Waals surface area contributed by atoms with Gasteiger partial charge in [-0.05, 0) is 86.7 Å². The summed E-state index contributed by atoms with van der Waals surface area (Å²) in [6, 6.07) is 16.5. The predicted octanol–water partition coefficient (Wildman–Crippen LogP) is 6.07. The highest BCUT2D eigenvalue weighted by Gasteiger charge is 2.25. The first-order chi connectivity index (χ1) is 18.5. The van der Waals surface area contributed by atoms with Crippen LogP contribution in [0.1, 0.15) is 49.7 Å². The predicted molar refractivity (Wildman–Crippen MR) is 155 cm³/mol. The summed E-state index contributed by atoms with van der Waals surface area (Å²) in [5.41, 5.74) is 2.52. The van der Waals surface area contributed by atoms with Gasteiger partial charge in [0.2, 0.25) is 0 Å². The minimum absolute atomic E-state index is 0.375. The van der Waals surface area contributed by atoms with E-state index in [0.717, 1.165) is 73.4 Å². The van der Waals surface area contributed by atoms with Crippen molar-refractivity contribution in [2.24, 2.45) is 11.8 Å². The molecule has 8 heteroatoms. The molecule has 38 heavy (non-hydrogen) atoms. The number of benzene rings is 2. The summed E-state index contributed by atoms with van der Waals surface area (Å²) in [5.74, 6) is -0.273. The van der Waals surface area contributed by atoms with Crippen LogP contribution in [0, 0.1) is 11.8 Å². The summed E-state index contributed by atoms with van der Waals surface area (Å²) in [4.78, 5) is 25.0. The molecule has 204 valence electrons. The molecule has 0 aromatic heterocycles. The molecule has 2 aromatic rings. The van der Waals surface area contributed by atoms with Crippen molar-refractivity contribution in [3.8, 4) is 0 Å². The van der Waals surface area contributed by atoms with Gasteiger partial charge in [-0.15, -0.1) is 0 Å². The highest BCUT2D eigenvalue weighted by molar-refractivity contribution is 9.10. The fraction of sp³-hybridized carbons (Fsp3) is 0.467. The van der Waals surface area contributed by atoms with E-state index in [-0.39, 0.29) is 12.5 Å². The normalized spacial score (nSPS) is 24.4. The molecular weight excluding hydrogens is 612 g/mol. The standard InChI is InChI=1S/C30H36Br2N2O4/c31-25-11-3-1-9-23(25)17-21-7-5-15-33-27(19-21)37-29(35)13-14-30(36)38-28-20-22(8-6-16-34-28)18-24-10-2-4-12-26(24)32/h1-4,9-14,21-22,27-28,33-34H,5-8,15-20H2/b14-13+. The van der Waals surface area contributed by atoms with Crippen molar-refractivity contribution >= 4 is 43.8 Å². The van der Waals surface area contributed by atoms with Crippen LogP contribution in [-0.2, 0) is 31.9 Å². The number of halogens is 2. The monoisotopic (exact) mass is 646 g/mol. The molecule has 6 nitrogen and oxygen atoms in total. The number of carbonyl (C=O) groups is 2. The second kappa shape index (κ2) is 15.0. The van der Waals surface area contributed by atoms with Gasteiger partial charge in [0.1, 0.15) is 0 Å². The molecule has 0 amide bonds. The number of hydrogen-bond donors (Lipinski definition) is 2. The van der Waals surface area contributed by atoms with E-state index in [4.69, 9.17) is 9.47 Å². The molecule has 2 fully saturated rings. The van der Waals surface area contributed by atoms with Crippen molar-refractivity contribution in [1.82, 2.24) is 10.6 Å². The molecule has 2 aliphatic heterocycles. The molecule has 0 saturated carbocycles. The Bertz CT molecular complexity index is 1020. The molecule has 0 radical (unpaired) electrons. The Morgan fingerprint density at radius 2 is 1.16 bits per heavy atom. The van der Waals surface area contributed by atoms with Crippen LogP contribution in [0.5, 0.6) is 0 Å². The van der Waals surface area contributed by atoms with Crippen LogP contribution in [-0.4, -0.2) is 37.5 Å². The topological polar surface area (TPSA) is 76.7 Å². The third-order valence-electron chi connectivity index (χ3n) is 7.22. The Balaban J connectivity index is 1.24. The zero-order chi connectivity index (χ0) is 26.7. The first-order valence-electron chi connectivity index (χ1n) is 13.5. The van der Waals surface area contributed by atoms with Crippen molar-refractivity contribution in [2.45, 2.75) is 63.8 Å². The van der Waals surface area contributed by atoms with Gasteiger partial charge in [0, 0.05) is 33.9 Å². The molecule has 2 aliphatic rings. The van der Waals surface area contributed by atoms with E-state index in [1.165, 1.54) is 23.3 Å². The van der Waals surface area contributed by atoms with E-state index in [2.05, 4.69) is 66.8 Å². The number of carbonyl (C=O) groups excluding carboxylic acids is 2. The fourth-order valence-corrected chi connectivity index (χ4v) is 6.20. The molecular formula is C30H36Br2N2O4. The highest BCUT2D eigenvalue weighted by Crippen LogP contribution is 2.27. The molecule has 4 atom stereocenters. The average Bonchev–Trinajstić information content (AvgIpc) is 3.25. The van der Waals surface area contributed by atoms with Gasteiger partial charge < -0.3 is 9.47 Å². The van der Waals surface area contributed by atoms with E-state index in [1.54, 1.807) is 0 Å². The van der Waals surface area contributed by atoms with Gasteiger partial charge in [-0.3, -0.25) is 10.6 Å². The van der Waals surface area contributed by atoms with Crippen LogP contribution in [0.4, 0.5) is 0 Å². The largest absolute Gasteiger partial charge is 0.443 e. The van der Waals surface area contributed by atoms with Gasteiger partial charge in [0.15, 0.2) is 12.5 Å². The van der Waals surface area contributed by atoms with Gasteiger partial charge in [0.25, 0.3) is 0 Å². The number of nitrogens with one attached hydrogen (secondary N) is 2. The third kappa shape index (κ3) is 9.33. The van der Waals surface area contributed by atoms with E-state index in [1.807, 2.05) is 24.3 Å². The van der Waals surface area contributed by atoms with Gasteiger partial charge in [-0.25, -0.2) is 9.59 Å². The lowest BCUT2D eigenvalue weighted by Gasteiger charge is -2.21. The fourth-order valence-electron chi connectivity index (χ4n) is 5.31. The summed E-state index contributed by atoms with van der Waals surface area (Å²) in [7, 11) is 0. The maximum Gasteiger partial charge on any atom is 0.332 e. The van der Waals surface area contributed by atoms with Crippen LogP contribution in [0.25, 0.3) is 0 Å². The minimum atomic E-state index is -0.540. The van der Waals surface area contributed by atoms with Crippen molar-refractivity contribution in [3.63, 3.8) is 0 Å². The lowest BCUT2D eigenvalue weighted by Crippen LogP contribution is -2.34. The molecule has 2 saturated heterocycles. The first-order valence-corrected chi connectivity index (χ1v) is 15.1. The number of hydrogen-bond acceptors (Lipinski definition) is 6. The van der Waals surface area contributed by atoms with Gasteiger partial charge in [0.05, 0.1) is 0 Å². The SMILES string of the molecule is O=C(/C=C/C(=O)OC1CC(Cc2ccccc2Br)CCCN1)OC1CC(Cc2ccccc2Br)CCCN1. The second-order valence-corrected chi connectivity index (χ2v) is 11.9. The zero-order valence-electron chi connectivity index (χ0n) is 21.5. The lowest BCUT2D eigenvalue weighted by atomic mass is 9.92. The van der Waals surface area contributed by atoms with Crippen LogP contribution >= 0.6 is 31.9 Å². The van der Waals surface area contributed by atoms with Crippen molar-refractivity contribution in [2.75, 3.05) is 13.1 Å². The van der Waals surface area contributed by atoms with E-state index < -0.39 is 11.9 Å². The summed E-state index contributed by atoms with van der Waals surface area (Å²) in [6.45, 7) is 1.59. The third-order valence-corrected chi connectivity index (χ3v) is 8.77. The van der Waals surface area contributed by atoms with Crippen molar-refractivity contribution < 1.29 is 19.1 Å². The van der Waals surface area contributed by atoms with Gasteiger partial charge >= 0.3 is 11.9 Å². The molecule has 2 aromatic carbocycles. The quantitative estimate of drug-likeness (QED) is 0.268. The van der Waals surface area contributed by atoms with E-state index in [0.29, 0.717) is 11.8 Å². The van der Waals surface area contributed by atoms with Crippen LogP contribution < -0.4 is 10.6 Å². The van der Waals surface area contributed by atoms with Crippen LogP contribution in [0.15, 0.2) is 69.6 Å². The lowest BCUT2D eigenvalue weighted by molar-refractivity contribution is -0.148.